The summed E-state index contributed by atoms with van der Waals surface area (Å²) >= 11 is 1.69. The van der Waals surface area contributed by atoms with E-state index in [2.05, 4.69) is 15.3 Å². The molecule has 0 bridgehead atoms. The molecular weight excluding hydrogens is 248 g/mol. The lowest BCUT2D eigenvalue weighted by Gasteiger charge is -2.33. The topological polar surface area (TPSA) is 38.5 Å². The third kappa shape index (κ3) is 2.48. The maximum atomic E-state index is 5.59. The van der Waals surface area contributed by atoms with Crippen molar-refractivity contribution in [3.63, 3.8) is 0 Å². The Morgan fingerprint density at radius 2 is 2.50 bits per heavy atom. The van der Waals surface area contributed by atoms with Crippen molar-refractivity contribution in [3.05, 3.63) is 40.2 Å². The van der Waals surface area contributed by atoms with Gasteiger partial charge in [-0.05, 0) is 19.1 Å². The van der Waals surface area contributed by atoms with Crippen LogP contribution in [0.2, 0.25) is 0 Å². The number of furan rings is 1. The van der Waals surface area contributed by atoms with Crippen molar-refractivity contribution in [1.82, 2.24) is 9.88 Å². The molecule has 3 rings (SSSR count). The van der Waals surface area contributed by atoms with Crippen LogP contribution in [0.4, 0.5) is 0 Å². The van der Waals surface area contributed by atoms with Gasteiger partial charge in [-0.1, -0.05) is 0 Å². The summed E-state index contributed by atoms with van der Waals surface area (Å²) in [6.45, 7) is 5.26. The van der Waals surface area contributed by atoms with Crippen LogP contribution in [-0.2, 0) is 11.3 Å². The Kier molecular flexibility index (Phi) is 3.45. The molecule has 1 aliphatic heterocycles. The molecule has 0 saturated carbocycles. The lowest BCUT2D eigenvalue weighted by Crippen LogP contribution is -2.39. The van der Waals surface area contributed by atoms with Gasteiger partial charge < -0.3 is 9.15 Å². The zero-order valence-electron chi connectivity index (χ0n) is 10.3. The van der Waals surface area contributed by atoms with Gasteiger partial charge in [-0.2, -0.15) is 0 Å². The van der Waals surface area contributed by atoms with E-state index in [0.29, 0.717) is 6.61 Å². The van der Waals surface area contributed by atoms with Crippen molar-refractivity contribution in [1.29, 1.82) is 0 Å². The Morgan fingerprint density at radius 3 is 3.22 bits per heavy atom. The molecule has 18 heavy (non-hydrogen) atoms. The quantitative estimate of drug-likeness (QED) is 0.854. The maximum absolute atomic E-state index is 5.59. The second-order valence-corrected chi connectivity index (χ2v) is 5.49. The summed E-state index contributed by atoms with van der Waals surface area (Å²) in [5, 5.41) is 3.23. The Balaban J connectivity index is 1.77. The Morgan fingerprint density at radius 1 is 1.56 bits per heavy atom. The van der Waals surface area contributed by atoms with Crippen molar-refractivity contribution in [2.24, 2.45) is 0 Å². The number of rotatable bonds is 3. The molecule has 1 unspecified atom stereocenters. The van der Waals surface area contributed by atoms with Crippen LogP contribution < -0.4 is 0 Å². The summed E-state index contributed by atoms with van der Waals surface area (Å²) in [7, 11) is 0. The van der Waals surface area contributed by atoms with Crippen molar-refractivity contribution < 1.29 is 9.15 Å². The second kappa shape index (κ2) is 5.22. The number of thiazole rings is 1. The monoisotopic (exact) mass is 264 g/mol. The highest BCUT2D eigenvalue weighted by molar-refractivity contribution is 7.09. The van der Waals surface area contributed by atoms with Crippen LogP contribution in [0, 0.1) is 6.92 Å². The Bertz CT molecular complexity index is 495. The average molecular weight is 264 g/mol. The number of aryl methyl sites for hydroxylation is 1. The Labute approximate surface area is 110 Å². The molecule has 1 saturated heterocycles. The molecular formula is C13H16N2O2S. The van der Waals surface area contributed by atoms with Crippen molar-refractivity contribution in [3.8, 4) is 0 Å². The first kappa shape index (κ1) is 11.9. The minimum Gasteiger partial charge on any atom is -0.468 e. The third-order valence-corrected chi connectivity index (χ3v) is 3.95. The predicted octanol–water partition coefficient (Wildman–Crippen LogP) is 2.62. The Hall–Kier alpha value is -1.17. The molecule has 2 aromatic rings. The lowest BCUT2D eigenvalue weighted by atomic mass is 10.1. The number of nitrogens with zero attached hydrogens (tertiary/aromatic N) is 2. The molecule has 0 radical (unpaired) electrons. The first-order valence-corrected chi connectivity index (χ1v) is 6.97. The van der Waals surface area contributed by atoms with Gasteiger partial charge in [0.05, 0.1) is 42.8 Å². The largest absolute Gasteiger partial charge is 0.468 e. The summed E-state index contributed by atoms with van der Waals surface area (Å²) < 4.78 is 11.0. The van der Waals surface area contributed by atoms with Gasteiger partial charge in [0, 0.05) is 11.9 Å². The van der Waals surface area contributed by atoms with E-state index in [4.69, 9.17) is 9.15 Å². The highest BCUT2D eigenvalue weighted by Gasteiger charge is 2.27. The normalized spacial score (nSPS) is 21.3. The molecule has 0 aromatic carbocycles. The summed E-state index contributed by atoms with van der Waals surface area (Å²) in [6, 6.07) is 4.19. The summed E-state index contributed by atoms with van der Waals surface area (Å²) in [5.41, 5.74) is 1.11. The van der Waals surface area contributed by atoms with Crippen molar-refractivity contribution >= 4 is 11.3 Å². The van der Waals surface area contributed by atoms with E-state index < -0.39 is 0 Å². The molecule has 0 spiro atoms. The van der Waals surface area contributed by atoms with Crippen LogP contribution in [0.5, 0.6) is 0 Å². The first-order valence-electron chi connectivity index (χ1n) is 6.09. The van der Waals surface area contributed by atoms with Gasteiger partial charge in [0.25, 0.3) is 0 Å². The minimum absolute atomic E-state index is 0.244. The molecule has 3 heterocycles. The molecule has 0 aliphatic carbocycles. The standard InChI is InChI=1S/C13H16N2O2S/c1-10-14-12(9-18-10)13-8-16-6-4-15(13)7-11-3-2-5-17-11/h2-3,5,9,13H,4,6-8H2,1H3. The van der Waals surface area contributed by atoms with Gasteiger partial charge in [-0.3, -0.25) is 4.90 Å². The van der Waals surface area contributed by atoms with E-state index in [0.717, 1.165) is 36.2 Å². The average Bonchev–Trinajstić information content (AvgIpc) is 3.02. The van der Waals surface area contributed by atoms with E-state index >= 15 is 0 Å². The van der Waals surface area contributed by atoms with E-state index in [1.54, 1.807) is 17.6 Å². The molecule has 5 heteroatoms. The van der Waals surface area contributed by atoms with Crippen LogP contribution in [-0.4, -0.2) is 29.6 Å². The number of ether oxygens (including phenoxy) is 1. The van der Waals surface area contributed by atoms with Gasteiger partial charge in [0.15, 0.2) is 0 Å². The van der Waals surface area contributed by atoms with Gasteiger partial charge in [0.2, 0.25) is 0 Å². The third-order valence-electron chi connectivity index (χ3n) is 3.16. The second-order valence-electron chi connectivity index (χ2n) is 4.43. The predicted molar refractivity (Wildman–Crippen MR) is 69.5 cm³/mol. The number of hydrogen-bond donors (Lipinski definition) is 0. The zero-order chi connectivity index (χ0) is 12.4. The van der Waals surface area contributed by atoms with Gasteiger partial charge in [-0.25, -0.2) is 4.98 Å². The summed E-state index contributed by atoms with van der Waals surface area (Å²) in [5.74, 6) is 0.994. The van der Waals surface area contributed by atoms with E-state index in [1.165, 1.54) is 0 Å². The fraction of sp³-hybridized carbons (Fsp3) is 0.462. The summed E-state index contributed by atoms with van der Waals surface area (Å²) in [4.78, 5) is 6.95. The van der Waals surface area contributed by atoms with E-state index in [1.807, 2.05) is 19.1 Å². The van der Waals surface area contributed by atoms with Crippen LogP contribution in [0.15, 0.2) is 28.2 Å². The molecule has 1 atom stereocenters. The minimum atomic E-state index is 0.244. The number of morpholine rings is 1. The van der Waals surface area contributed by atoms with Crippen LogP contribution >= 0.6 is 11.3 Å². The highest BCUT2D eigenvalue weighted by Crippen LogP contribution is 2.26. The smallest absolute Gasteiger partial charge is 0.117 e. The molecule has 2 aromatic heterocycles. The molecule has 1 aliphatic rings. The number of hydrogen-bond acceptors (Lipinski definition) is 5. The number of aromatic nitrogens is 1. The molecule has 96 valence electrons. The van der Waals surface area contributed by atoms with Crippen LogP contribution in [0.25, 0.3) is 0 Å². The highest BCUT2D eigenvalue weighted by atomic mass is 32.1. The fourth-order valence-corrected chi connectivity index (χ4v) is 2.89. The van der Waals surface area contributed by atoms with E-state index in [-0.39, 0.29) is 6.04 Å². The van der Waals surface area contributed by atoms with Crippen molar-refractivity contribution in [2.45, 2.75) is 19.5 Å². The maximum Gasteiger partial charge on any atom is 0.117 e. The molecule has 0 amide bonds. The molecule has 0 N–H and O–H groups in total. The van der Waals surface area contributed by atoms with Crippen molar-refractivity contribution in [2.75, 3.05) is 19.8 Å². The van der Waals surface area contributed by atoms with Crippen LogP contribution in [0.3, 0.4) is 0 Å². The SMILES string of the molecule is Cc1nc(C2COCCN2Cc2ccco2)cs1. The molecule has 4 nitrogen and oxygen atoms in total. The lowest BCUT2D eigenvalue weighted by molar-refractivity contribution is -0.0167. The van der Waals surface area contributed by atoms with Crippen LogP contribution in [0.1, 0.15) is 22.5 Å². The zero-order valence-corrected chi connectivity index (χ0v) is 11.2. The first-order chi connectivity index (χ1) is 8.83. The fourth-order valence-electron chi connectivity index (χ4n) is 2.24. The molecule has 1 fully saturated rings. The van der Waals surface area contributed by atoms with E-state index in [9.17, 15) is 0 Å². The van der Waals surface area contributed by atoms with Gasteiger partial charge in [-0.15, -0.1) is 11.3 Å². The van der Waals surface area contributed by atoms with Gasteiger partial charge in [0.1, 0.15) is 5.76 Å². The van der Waals surface area contributed by atoms with Gasteiger partial charge >= 0.3 is 0 Å². The summed E-state index contributed by atoms with van der Waals surface area (Å²) in [6.07, 6.45) is 1.72.